The molecule has 27 heavy (non-hydrogen) atoms. The van der Waals surface area contributed by atoms with Gasteiger partial charge in [0, 0.05) is 17.0 Å². The van der Waals surface area contributed by atoms with Crippen molar-refractivity contribution in [2.45, 2.75) is 4.90 Å². The van der Waals surface area contributed by atoms with Crippen molar-refractivity contribution in [3.05, 3.63) is 58.5 Å². The third-order valence-electron chi connectivity index (χ3n) is 3.92. The van der Waals surface area contributed by atoms with Crippen LogP contribution in [0.4, 0.5) is 4.39 Å². The molecule has 0 aliphatic rings. The van der Waals surface area contributed by atoms with Crippen LogP contribution in [0.15, 0.2) is 47.5 Å². The second kappa shape index (κ2) is 7.67. The van der Waals surface area contributed by atoms with Gasteiger partial charge in [-0.3, -0.25) is 0 Å². The van der Waals surface area contributed by atoms with E-state index in [1.807, 2.05) is 19.0 Å². The highest BCUT2D eigenvalue weighted by atomic mass is 35.5. The normalized spacial score (nSPS) is 12.1. The molecule has 1 heterocycles. The number of hydrogen-bond acceptors (Lipinski definition) is 4. The lowest BCUT2D eigenvalue weighted by atomic mass is 10.2. The van der Waals surface area contributed by atoms with Gasteiger partial charge in [-0.2, -0.15) is 0 Å². The van der Waals surface area contributed by atoms with Crippen molar-refractivity contribution in [1.82, 2.24) is 8.87 Å². The first-order valence-electron chi connectivity index (χ1n) is 7.99. The molecule has 0 saturated carbocycles. The van der Waals surface area contributed by atoms with E-state index < -0.39 is 15.8 Å². The Bertz CT molecular complexity index is 1080. The van der Waals surface area contributed by atoms with E-state index in [2.05, 4.69) is 0 Å². The van der Waals surface area contributed by atoms with Gasteiger partial charge in [-0.05, 0) is 50.5 Å². The summed E-state index contributed by atoms with van der Waals surface area (Å²) < 4.78 is 46.1. The zero-order valence-electron chi connectivity index (χ0n) is 14.6. The highest BCUT2D eigenvalue weighted by molar-refractivity contribution is 7.90. The molecule has 0 atom stereocenters. The first kappa shape index (κ1) is 19.9. The van der Waals surface area contributed by atoms with Crippen molar-refractivity contribution < 1.29 is 17.5 Å². The smallest absolute Gasteiger partial charge is 0.268 e. The molecule has 1 aromatic heterocycles. The Kier molecular flexibility index (Phi) is 5.67. The Morgan fingerprint density at radius 3 is 2.44 bits per heavy atom. The Morgan fingerprint density at radius 2 is 1.81 bits per heavy atom. The summed E-state index contributed by atoms with van der Waals surface area (Å²) >= 11 is 12.4. The zero-order chi connectivity index (χ0) is 19.8. The Balaban J connectivity index is 2.16. The highest BCUT2D eigenvalue weighted by Crippen LogP contribution is 2.37. The minimum atomic E-state index is -4.01. The van der Waals surface area contributed by atoms with Gasteiger partial charge in [-0.1, -0.05) is 23.2 Å². The summed E-state index contributed by atoms with van der Waals surface area (Å²) in [7, 11) is -0.202. The summed E-state index contributed by atoms with van der Waals surface area (Å²) in [4.78, 5) is 1.88. The first-order chi connectivity index (χ1) is 12.7. The summed E-state index contributed by atoms with van der Waals surface area (Å²) in [6.07, 6.45) is 1.36. The molecule has 0 N–H and O–H groups in total. The molecule has 9 heteroatoms. The Labute approximate surface area is 166 Å². The lowest BCUT2D eigenvalue weighted by molar-refractivity contribution is 0.263. The third kappa shape index (κ3) is 4.06. The van der Waals surface area contributed by atoms with Gasteiger partial charge in [0.05, 0.1) is 21.6 Å². The van der Waals surface area contributed by atoms with Gasteiger partial charge >= 0.3 is 0 Å². The SMILES string of the molecule is CN(C)CCOc1cn(S(=O)(=O)c2ccc(F)cc2)c2c(Cl)cc(Cl)cc12. The Morgan fingerprint density at radius 1 is 1.15 bits per heavy atom. The van der Waals surface area contributed by atoms with Crippen molar-refractivity contribution >= 4 is 44.1 Å². The maximum atomic E-state index is 13.2. The maximum absolute atomic E-state index is 13.2. The number of likely N-dealkylation sites (N-methyl/N-ethyl adjacent to an activating group) is 1. The van der Waals surface area contributed by atoms with E-state index in [9.17, 15) is 12.8 Å². The fourth-order valence-corrected chi connectivity index (χ4v) is 4.59. The van der Waals surface area contributed by atoms with Gasteiger partial charge in [0.15, 0.2) is 0 Å². The van der Waals surface area contributed by atoms with Gasteiger partial charge in [0.2, 0.25) is 0 Å². The van der Waals surface area contributed by atoms with Gasteiger partial charge in [0.25, 0.3) is 10.0 Å². The monoisotopic (exact) mass is 430 g/mol. The van der Waals surface area contributed by atoms with E-state index >= 15 is 0 Å². The minimum Gasteiger partial charge on any atom is -0.490 e. The molecule has 0 aliphatic heterocycles. The van der Waals surface area contributed by atoms with Crippen molar-refractivity contribution in [2.24, 2.45) is 0 Å². The number of fused-ring (bicyclic) bond motifs is 1. The van der Waals surface area contributed by atoms with Crippen LogP contribution in [0, 0.1) is 5.82 Å². The average molecular weight is 431 g/mol. The average Bonchev–Trinajstić information content (AvgIpc) is 2.94. The molecule has 0 spiro atoms. The standard InChI is InChI=1S/C18H17Cl2FN2O3S/c1-22(2)7-8-26-17-11-23(18-15(17)9-12(19)10-16(18)20)27(24,25)14-5-3-13(21)4-6-14/h3-6,9-11H,7-8H2,1-2H3. The number of benzene rings is 2. The largest absolute Gasteiger partial charge is 0.490 e. The molecule has 3 rings (SSSR count). The maximum Gasteiger partial charge on any atom is 0.268 e. The number of hydrogen-bond donors (Lipinski definition) is 0. The summed E-state index contributed by atoms with van der Waals surface area (Å²) in [6.45, 7) is 0.999. The molecular weight excluding hydrogens is 414 g/mol. The van der Waals surface area contributed by atoms with Crippen LogP contribution in [-0.4, -0.2) is 44.5 Å². The third-order valence-corrected chi connectivity index (χ3v) is 6.10. The number of rotatable bonds is 6. The van der Waals surface area contributed by atoms with Gasteiger partial charge in [-0.15, -0.1) is 0 Å². The lowest BCUT2D eigenvalue weighted by Gasteiger charge is -2.10. The fourth-order valence-electron chi connectivity index (χ4n) is 2.58. The fraction of sp³-hybridized carbons (Fsp3) is 0.222. The predicted molar refractivity (Wildman–Crippen MR) is 105 cm³/mol. The molecule has 0 amide bonds. The molecular formula is C18H17Cl2FN2O3S. The summed E-state index contributed by atoms with van der Waals surface area (Å²) in [5.41, 5.74) is 0.255. The van der Waals surface area contributed by atoms with Crippen LogP contribution in [0.2, 0.25) is 10.0 Å². The predicted octanol–water partition coefficient (Wildman–Crippen LogP) is 4.26. The van der Waals surface area contributed by atoms with Crippen LogP contribution in [0.5, 0.6) is 5.75 Å². The van der Waals surface area contributed by atoms with Gasteiger partial charge < -0.3 is 9.64 Å². The van der Waals surface area contributed by atoms with Crippen molar-refractivity contribution in [3.8, 4) is 5.75 Å². The minimum absolute atomic E-state index is 0.0633. The molecule has 2 aromatic carbocycles. The van der Waals surface area contributed by atoms with E-state index in [1.165, 1.54) is 24.4 Å². The number of ether oxygens (including phenoxy) is 1. The van der Waals surface area contributed by atoms with Crippen molar-refractivity contribution in [2.75, 3.05) is 27.2 Å². The Hall–Kier alpha value is -1.80. The lowest BCUT2D eigenvalue weighted by Crippen LogP contribution is -2.19. The molecule has 5 nitrogen and oxygen atoms in total. The summed E-state index contributed by atoms with van der Waals surface area (Å²) in [6, 6.07) is 7.65. The van der Waals surface area contributed by atoms with E-state index in [4.69, 9.17) is 27.9 Å². The first-order valence-corrected chi connectivity index (χ1v) is 10.2. The van der Waals surface area contributed by atoms with Crippen molar-refractivity contribution in [1.29, 1.82) is 0 Å². The molecule has 0 radical (unpaired) electrons. The van der Waals surface area contributed by atoms with E-state index in [0.717, 1.165) is 16.1 Å². The van der Waals surface area contributed by atoms with Crippen LogP contribution in [-0.2, 0) is 10.0 Å². The van der Waals surface area contributed by atoms with E-state index in [1.54, 1.807) is 6.07 Å². The molecule has 0 aliphatic carbocycles. The quantitative estimate of drug-likeness (QED) is 0.585. The molecule has 0 fully saturated rings. The molecule has 144 valence electrons. The molecule has 0 unspecified atom stereocenters. The molecule has 0 saturated heterocycles. The van der Waals surface area contributed by atoms with Crippen LogP contribution in [0.3, 0.4) is 0 Å². The van der Waals surface area contributed by atoms with E-state index in [-0.39, 0.29) is 15.4 Å². The van der Waals surface area contributed by atoms with Crippen LogP contribution < -0.4 is 4.74 Å². The topological polar surface area (TPSA) is 51.5 Å². The van der Waals surface area contributed by atoms with E-state index in [0.29, 0.717) is 29.3 Å². The van der Waals surface area contributed by atoms with Gasteiger partial charge in [0.1, 0.15) is 18.2 Å². The molecule has 3 aromatic rings. The molecule has 0 bridgehead atoms. The van der Waals surface area contributed by atoms with Crippen molar-refractivity contribution in [3.63, 3.8) is 0 Å². The van der Waals surface area contributed by atoms with Crippen LogP contribution in [0.25, 0.3) is 10.9 Å². The summed E-state index contributed by atoms with van der Waals surface area (Å²) in [5, 5.41) is 1.02. The van der Waals surface area contributed by atoms with Crippen LogP contribution >= 0.6 is 23.2 Å². The zero-order valence-corrected chi connectivity index (χ0v) is 16.9. The second-order valence-corrected chi connectivity index (χ2v) is 8.84. The van der Waals surface area contributed by atoms with Crippen LogP contribution in [0.1, 0.15) is 0 Å². The second-order valence-electron chi connectivity index (χ2n) is 6.18. The number of halogens is 3. The van der Waals surface area contributed by atoms with Gasteiger partial charge in [-0.25, -0.2) is 16.8 Å². The highest BCUT2D eigenvalue weighted by Gasteiger charge is 2.24. The summed E-state index contributed by atoms with van der Waals surface area (Å²) in [5.74, 6) is -0.175. The number of aromatic nitrogens is 1. The number of nitrogens with zero attached hydrogens (tertiary/aromatic N) is 2.